The Balaban J connectivity index is 2.33. The summed E-state index contributed by atoms with van der Waals surface area (Å²) in [6.45, 7) is 13.7. The van der Waals surface area contributed by atoms with Crippen molar-refractivity contribution in [2.75, 3.05) is 28.2 Å². The smallest absolute Gasteiger partial charge is 0.451 e. The zero-order valence-electron chi connectivity index (χ0n) is 48.6. The van der Waals surface area contributed by atoms with Crippen molar-refractivity contribution >= 4 is 47.5 Å². The number of alkyl halides is 8. The lowest BCUT2D eigenvalue weighted by atomic mass is 9.99. The predicted octanol–water partition coefficient (Wildman–Crippen LogP) is 8.43. The van der Waals surface area contributed by atoms with Gasteiger partial charge in [0.1, 0.15) is 47.0 Å². The number of ether oxygens (including phenoxy) is 6. The van der Waals surface area contributed by atoms with Crippen molar-refractivity contribution in [2.24, 2.45) is 11.8 Å². The summed E-state index contributed by atoms with van der Waals surface area (Å²) in [7, 11) is 4.50. The molecule has 0 bridgehead atoms. The molecule has 1 fully saturated rings. The van der Waals surface area contributed by atoms with Gasteiger partial charge in [0, 0.05) is 41.0 Å². The van der Waals surface area contributed by atoms with Gasteiger partial charge in [-0.05, 0) is 127 Å². The first-order valence-electron chi connectivity index (χ1n) is 26.5. The normalized spacial score (nSPS) is 23.6. The fraction of sp³-hybridized carbons (Fsp3) is 0.643. The summed E-state index contributed by atoms with van der Waals surface area (Å²) in [6.07, 6.45) is -20.8. The van der Waals surface area contributed by atoms with E-state index in [0.29, 0.717) is 0 Å². The molecule has 0 unspecified atom stereocenters. The van der Waals surface area contributed by atoms with Crippen LogP contribution in [0.25, 0.3) is 0 Å². The van der Waals surface area contributed by atoms with Gasteiger partial charge in [0.15, 0.2) is 24.4 Å². The number of benzene rings is 2. The van der Waals surface area contributed by atoms with Crippen LogP contribution in [0.5, 0.6) is 11.5 Å². The number of likely N-dealkylation sites (N-methyl/N-ethyl adjacent to an activating group) is 4. The SMILES string of the molecule is CC(C)C[C@H]1C(=O)O[C@H](C)C(=O)N(C)[C@@H](CCC(C)(C)F)C(=O)O[C@H](Cc2ccc(OC(F)(F)F)cc2)C(=O)N(C)[C@@H](CC(C)C)C(=O)O[C@H](C)C(=O)N(C)[C@@H](CCC(C)(C)F)C(=O)O[C@H](Cc2ccc(OC(F)(F)F)cc2)C(=O)N1C. The van der Waals surface area contributed by atoms with Crippen LogP contribution in [0.2, 0.25) is 0 Å². The van der Waals surface area contributed by atoms with Gasteiger partial charge < -0.3 is 48.0 Å². The third kappa shape index (κ3) is 22.2. The molecule has 0 N–H and O–H groups in total. The predicted molar refractivity (Wildman–Crippen MR) is 279 cm³/mol. The zero-order valence-corrected chi connectivity index (χ0v) is 48.6. The lowest BCUT2D eigenvalue weighted by Crippen LogP contribution is -2.54. The molecule has 0 aliphatic carbocycles. The monoisotopic (exact) mass is 1180 g/mol. The van der Waals surface area contributed by atoms with Crippen molar-refractivity contribution in [3.8, 4) is 11.5 Å². The highest BCUT2D eigenvalue weighted by atomic mass is 19.4. The molecule has 0 aromatic heterocycles. The maximum Gasteiger partial charge on any atom is 0.573 e. The van der Waals surface area contributed by atoms with Crippen LogP contribution in [-0.2, 0) is 70.1 Å². The quantitative estimate of drug-likeness (QED) is 0.0880. The molecule has 1 aliphatic heterocycles. The van der Waals surface area contributed by atoms with Crippen molar-refractivity contribution in [1.82, 2.24) is 19.6 Å². The molecule has 1 saturated heterocycles. The van der Waals surface area contributed by atoms with Gasteiger partial charge in [-0.2, -0.15) is 0 Å². The van der Waals surface area contributed by atoms with E-state index in [2.05, 4.69) is 9.47 Å². The number of halogens is 8. The molecule has 4 amide bonds. The minimum absolute atomic E-state index is 0.0995. The van der Waals surface area contributed by atoms with E-state index in [0.717, 1.165) is 110 Å². The highest BCUT2D eigenvalue weighted by Crippen LogP contribution is 2.29. The van der Waals surface area contributed by atoms with E-state index in [1.165, 1.54) is 27.7 Å². The average Bonchev–Trinajstić information content (AvgIpc) is 3.41. The topological polar surface area (TPSA) is 205 Å². The molecule has 2 aromatic rings. The van der Waals surface area contributed by atoms with Crippen LogP contribution in [0.3, 0.4) is 0 Å². The highest BCUT2D eigenvalue weighted by molar-refractivity contribution is 5.94. The Morgan fingerprint density at radius 1 is 0.439 bits per heavy atom. The molecular formula is C56H76F8N4O14. The lowest BCUT2D eigenvalue weighted by Gasteiger charge is -2.35. The third-order valence-electron chi connectivity index (χ3n) is 13.3. The second-order valence-corrected chi connectivity index (χ2v) is 22.4. The van der Waals surface area contributed by atoms with Crippen LogP contribution in [0, 0.1) is 11.8 Å². The van der Waals surface area contributed by atoms with Gasteiger partial charge >= 0.3 is 36.6 Å². The Morgan fingerprint density at radius 3 is 0.963 bits per heavy atom. The minimum Gasteiger partial charge on any atom is -0.451 e. The van der Waals surface area contributed by atoms with Gasteiger partial charge in [0.2, 0.25) is 0 Å². The number of amides is 4. The number of hydrogen-bond donors (Lipinski definition) is 0. The summed E-state index contributed by atoms with van der Waals surface area (Å²) >= 11 is 0. The van der Waals surface area contributed by atoms with Crippen LogP contribution >= 0.6 is 0 Å². The largest absolute Gasteiger partial charge is 0.573 e. The third-order valence-corrected chi connectivity index (χ3v) is 13.3. The Labute approximate surface area is 472 Å². The summed E-state index contributed by atoms with van der Waals surface area (Å²) in [5.41, 5.74) is -3.75. The number of rotatable bonds is 16. The minimum atomic E-state index is -5.07. The zero-order chi connectivity index (χ0) is 62.6. The standard InChI is InChI=1S/C56H76F8N4O14/c1-31(2)27-41-51(75)77-33(5)45(69)65(11)40(24-26-54(9,10)58)50(74)80-44(30-36-17-21-38(22-18-36)82-56(62,63)64)48(72)68(14)42(28-32(3)4)52(76)78-34(6)46(70)66(12)39(23-25-53(7,8)57)49(73)79-43(47(71)67(41)13)29-35-15-19-37(20-16-35)81-55(59,60)61/h15-22,31-34,39-44H,23-30H2,1-14H3/t33-,34-,39+,40+,41+,42+,43-,44-/m1/s1. The van der Waals surface area contributed by atoms with Crippen molar-refractivity contribution in [3.63, 3.8) is 0 Å². The van der Waals surface area contributed by atoms with E-state index in [1.807, 2.05) is 0 Å². The summed E-state index contributed by atoms with van der Waals surface area (Å²) in [6, 6.07) is 1.65. The Morgan fingerprint density at radius 2 is 0.707 bits per heavy atom. The van der Waals surface area contributed by atoms with E-state index < -0.39 is 182 Å². The van der Waals surface area contributed by atoms with Crippen molar-refractivity contribution < 1.29 is 102 Å². The number of carbonyl (C=O) groups is 8. The molecule has 2 aromatic carbocycles. The first-order valence-corrected chi connectivity index (χ1v) is 26.5. The number of esters is 4. The second kappa shape index (κ2) is 29.0. The molecule has 3 rings (SSSR count). The molecule has 82 heavy (non-hydrogen) atoms. The first kappa shape index (κ1) is 69.5. The Bertz CT molecular complexity index is 2340. The molecule has 460 valence electrons. The summed E-state index contributed by atoms with van der Waals surface area (Å²) in [5, 5.41) is 0. The van der Waals surface area contributed by atoms with Crippen molar-refractivity contribution in [3.05, 3.63) is 59.7 Å². The molecule has 1 heterocycles. The molecule has 0 saturated carbocycles. The first-order chi connectivity index (χ1) is 37.6. The lowest BCUT2D eigenvalue weighted by molar-refractivity contribution is -0.275. The van der Waals surface area contributed by atoms with Crippen LogP contribution in [0.4, 0.5) is 35.1 Å². The fourth-order valence-corrected chi connectivity index (χ4v) is 8.74. The van der Waals surface area contributed by atoms with Crippen molar-refractivity contribution in [2.45, 2.75) is 193 Å². The molecule has 18 nitrogen and oxygen atoms in total. The van der Waals surface area contributed by atoms with Crippen LogP contribution in [-0.4, -0.2) is 168 Å². The fourth-order valence-electron chi connectivity index (χ4n) is 8.74. The van der Waals surface area contributed by atoms with E-state index >= 15 is 8.78 Å². The molecular weight excluding hydrogens is 1100 g/mol. The van der Waals surface area contributed by atoms with Gasteiger partial charge in [0.05, 0.1) is 0 Å². The van der Waals surface area contributed by atoms with Gasteiger partial charge in [-0.15, -0.1) is 26.3 Å². The number of hydrogen-bond acceptors (Lipinski definition) is 14. The summed E-state index contributed by atoms with van der Waals surface area (Å²) in [5.74, 6) is -11.4. The molecule has 1 aliphatic rings. The highest BCUT2D eigenvalue weighted by Gasteiger charge is 2.44. The van der Waals surface area contributed by atoms with Crippen LogP contribution in [0.1, 0.15) is 119 Å². The van der Waals surface area contributed by atoms with E-state index in [9.17, 15) is 64.7 Å². The van der Waals surface area contributed by atoms with E-state index in [4.69, 9.17) is 18.9 Å². The molecule has 8 atom stereocenters. The number of nitrogens with zero attached hydrogens (tertiary/aromatic N) is 4. The Kier molecular flexibility index (Phi) is 24.6. The van der Waals surface area contributed by atoms with Gasteiger partial charge in [-0.1, -0.05) is 52.0 Å². The van der Waals surface area contributed by atoms with E-state index in [1.54, 1.807) is 27.7 Å². The second-order valence-electron chi connectivity index (χ2n) is 22.4. The summed E-state index contributed by atoms with van der Waals surface area (Å²) in [4.78, 5) is 119. The van der Waals surface area contributed by atoms with E-state index in [-0.39, 0.29) is 24.0 Å². The number of carbonyl (C=O) groups excluding carboxylic acids is 8. The molecule has 0 radical (unpaired) electrons. The molecule has 26 heteroatoms. The average molecular weight is 1180 g/mol. The Hall–Kier alpha value is -6.76. The van der Waals surface area contributed by atoms with Crippen LogP contribution < -0.4 is 9.47 Å². The van der Waals surface area contributed by atoms with Crippen LogP contribution in [0.15, 0.2) is 48.5 Å². The van der Waals surface area contributed by atoms with Gasteiger partial charge in [0.25, 0.3) is 23.6 Å². The summed E-state index contributed by atoms with van der Waals surface area (Å²) < 4.78 is 140. The van der Waals surface area contributed by atoms with Gasteiger partial charge in [-0.3, -0.25) is 19.2 Å². The maximum absolute atomic E-state index is 15.3. The molecule has 0 spiro atoms. The van der Waals surface area contributed by atoms with Gasteiger partial charge in [-0.25, -0.2) is 28.0 Å². The van der Waals surface area contributed by atoms with Crippen molar-refractivity contribution in [1.29, 1.82) is 0 Å². The maximum atomic E-state index is 15.3. The number of cyclic esters (lactones) is 4.